The van der Waals surface area contributed by atoms with Crippen molar-refractivity contribution >= 4 is 5.97 Å². The number of carbonyl (C=O) groups is 1. The van der Waals surface area contributed by atoms with Crippen LogP contribution in [0.5, 0.6) is 0 Å². The first kappa shape index (κ1) is 12.4. The highest BCUT2D eigenvalue weighted by Crippen LogP contribution is 2.08. The van der Waals surface area contributed by atoms with Crippen molar-refractivity contribution in [1.29, 1.82) is 0 Å². The normalized spacial score (nSPS) is 10.4. The molecule has 94 valence electrons. The van der Waals surface area contributed by atoms with Crippen molar-refractivity contribution < 1.29 is 9.90 Å². The minimum atomic E-state index is -0.751. The molecular formula is C14H16N2O2. The van der Waals surface area contributed by atoms with E-state index < -0.39 is 5.97 Å². The maximum absolute atomic E-state index is 10.4. The molecule has 0 spiro atoms. The maximum Gasteiger partial charge on any atom is 0.303 e. The smallest absolute Gasteiger partial charge is 0.303 e. The fourth-order valence-electron chi connectivity index (χ4n) is 1.84. The number of carboxylic acids is 1. The molecule has 1 aromatic heterocycles. The van der Waals surface area contributed by atoms with Crippen molar-refractivity contribution in [1.82, 2.24) is 9.97 Å². The fourth-order valence-corrected chi connectivity index (χ4v) is 1.84. The average Bonchev–Trinajstić information content (AvgIpc) is 2.78. The number of carboxylic acid groups (broad SMARTS) is 1. The van der Waals surface area contributed by atoms with E-state index in [0.717, 1.165) is 24.4 Å². The first-order chi connectivity index (χ1) is 8.74. The van der Waals surface area contributed by atoms with Crippen LogP contribution >= 0.6 is 0 Å². The summed E-state index contributed by atoms with van der Waals surface area (Å²) in [4.78, 5) is 17.9. The number of hydrogen-bond acceptors (Lipinski definition) is 2. The zero-order valence-electron chi connectivity index (χ0n) is 10.1. The lowest BCUT2D eigenvalue weighted by Crippen LogP contribution is -1.96. The Hall–Kier alpha value is -2.10. The molecule has 2 aromatic rings. The van der Waals surface area contributed by atoms with Crippen molar-refractivity contribution in [2.45, 2.75) is 25.7 Å². The van der Waals surface area contributed by atoms with E-state index in [-0.39, 0.29) is 6.42 Å². The van der Waals surface area contributed by atoms with Crippen molar-refractivity contribution in [2.24, 2.45) is 0 Å². The molecule has 2 rings (SSSR count). The summed E-state index contributed by atoms with van der Waals surface area (Å²) >= 11 is 0. The van der Waals surface area contributed by atoms with Gasteiger partial charge in [-0.05, 0) is 18.4 Å². The molecule has 0 amide bonds. The van der Waals surface area contributed by atoms with E-state index in [4.69, 9.17) is 5.11 Å². The molecule has 0 aliphatic carbocycles. The van der Waals surface area contributed by atoms with Crippen molar-refractivity contribution in [3.8, 4) is 0 Å². The van der Waals surface area contributed by atoms with Gasteiger partial charge < -0.3 is 10.1 Å². The molecule has 0 bridgehead atoms. The van der Waals surface area contributed by atoms with E-state index in [2.05, 4.69) is 22.1 Å². The van der Waals surface area contributed by atoms with Crippen LogP contribution in [0.3, 0.4) is 0 Å². The Morgan fingerprint density at radius 2 is 2.06 bits per heavy atom. The van der Waals surface area contributed by atoms with Crippen LogP contribution in [0.25, 0.3) is 0 Å². The van der Waals surface area contributed by atoms with Crippen LogP contribution in [0.2, 0.25) is 0 Å². The zero-order chi connectivity index (χ0) is 12.8. The van der Waals surface area contributed by atoms with Gasteiger partial charge in [-0.3, -0.25) is 4.79 Å². The van der Waals surface area contributed by atoms with Crippen molar-refractivity contribution in [3.05, 3.63) is 53.6 Å². The van der Waals surface area contributed by atoms with Gasteiger partial charge in [-0.15, -0.1) is 0 Å². The van der Waals surface area contributed by atoms with Crippen LogP contribution in [0.15, 0.2) is 36.5 Å². The summed E-state index contributed by atoms with van der Waals surface area (Å²) in [6.45, 7) is 0. The van der Waals surface area contributed by atoms with Crippen molar-refractivity contribution in [2.75, 3.05) is 0 Å². The van der Waals surface area contributed by atoms with Crippen LogP contribution in [-0.4, -0.2) is 21.0 Å². The van der Waals surface area contributed by atoms with Gasteiger partial charge >= 0.3 is 5.97 Å². The third kappa shape index (κ3) is 3.73. The molecule has 1 heterocycles. The molecule has 4 heteroatoms. The Balaban J connectivity index is 1.88. The van der Waals surface area contributed by atoms with E-state index >= 15 is 0 Å². The number of H-pyrrole nitrogens is 1. The molecular weight excluding hydrogens is 228 g/mol. The molecule has 0 unspecified atom stereocenters. The predicted octanol–water partition coefficient (Wildman–Crippen LogP) is 2.41. The Morgan fingerprint density at radius 1 is 1.28 bits per heavy atom. The van der Waals surface area contributed by atoms with Crippen LogP contribution in [0, 0.1) is 0 Å². The molecule has 4 nitrogen and oxygen atoms in total. The molecule has 18 heavy (non-hydrogen) atoms. The third-order valence-corrected chi connectivity index (χ3v) is 2.73. The number of aromatic amines is 1. The summed E-state index contributed by atoms with van der Waals surface area (Å²) in [5, 5.41) is 8.57. The average molecular weight is 244 g/mol. The topological polar surface area (TPSA) is 66.0 Å². The number of imidazole rings is 1. The second-order valence-electron chi connectivity index (χ2n) is 4.26. The van der Waals surface area contributed by atoms with Gasteiger partial charge in [0.05, 0.1) is 0 Å². The van der Waals surface area contributed by atoms with Gasteiger partial charge in [0, 0.05) is 24.7 Å². The van der Waals surface area contributed by atoms with Gasteiger partial charge in [-0.25, -0.2) is 4.98 Å². The summed E-state index contributed by atoms with van der Waals surface area (Å²) < 4.78 is 0. The lowest BCUT2D eigenvalue weighted by atomic mass is 10.1. The van der Waals surface area contributed by atoms with Crippen molar-refractivity contribution in [3.63, 3.8) is 0 Å². The standard InChI is InChI=1S/C14H16N2O2/c17-14(18)8-4-7-12-10-15-13(16-12)9-11-5-2-1-3-6-11/h1-3,5-6,10H,4,7-9H2,(H,15,16)(H,17,18). The second kappa shape index (κ2) is 6.00. The maximum atomic E-state index is 10.4. The van der Waals surface area contributed by atoms with Gasteiger partial charge in [0.2, 0.25) is 0 Å². The Kier molecular flexibility index (Phi) is 4.12. The minimum absolute atomic E-state index is 0.201. The van der Waals surface area contributed by atoms with E-state index in [1.54, 1.807) is 6.20 Å². The highest BCUT2D eigenvalue weighted by Gasteiger charge is 2.03. The lowest BCUT2D eigenvalue weighted by molar-refractivity contribution is -0.137. The second-order valence-corrected chi connectivity index (χ2v) is 4.26. The van der Waals surface area contributed by atoms with Crippen LogP contribution in [-0.2, 0) is 17.6 Å². The Labute approximate surface area is 106 Å². The SMILES string of the molecule is O=C(O)CCCc1cnc(Cc2ccccc2)[nH]1. The number of nitrogens with zero attached hydrogens (tertiary/aromatic N) is 1. The van der Waals surface area contributed by atoms with E-state index in [9.17, 15) is 4.79 Å². The zero-order valence-corrected chi connectivity index (χ0v) is 10.1. The van der Waals surface area contributed by atoms with Gasteiger partial charge in [0.15, 0.2) is 0 Å². The monoisotopic (exact) mass is 244 g/mol. The van der Waals surface area contributed by atoms with E-state index in [1.165, 1.54) is 5.56 Å². The number of rotatable bonds is 6. The molecule has 0 fully saturated rings. The minimum Gasteiger partial charge on any atom is -0.481 e. The lowest BCUT2D eigenvalue weighted by Gasteiger charge is -1.97. The number of nitrogens with one attached hydrogen (secondary N) is 1. The molecule has 1 aromatic carbocycles. The summed E-state index contributed by atoms with van der Waals surface area (Å²) in [5.41, 5.74) is 2.21. The Bertz CT molecular complexity index is 506. The van der Waals surface area contributed by atoms with E-state index in [0.29, 0.717) is 6.42 Å². The Morgan fingerprint density at radius 3 is 2.78 bits per heavy atom. The largest absolute Gasteiger partial charge is 0.481 e. The quantitative estimate of drug-likeness (QED) is 0.820. The summed E-state index contributed by atoms with van der Waals surface area (Å²) in [7, 11) is 0. The van der Waals surface area contributed by atoms with Crippen LogP contribution < -0.4 is 0 Å². The fraction of sp³-hybridized carbons (Fsp3) is 0.286. The summed E-state index contributed by atoms with van der Waals surface area (Å²) in [6, 6.07) is 10.1. The number of benzene rings is 1. The predicted molar refractivity (Wildman–Crippen MR) is 68.4 cm³/mol. The molecule has 0 saturated heterocycles. The molecule has 0 atom stereocenters. The van der Waals surface area contributed by atoms with Gasteiger partial charge in [0.1, 0.15) is 5.82 Å². The third-order valence-electron chi connectivity index (χ3n) is 2.73. The molecule has 0 aliphatic heterocycles. The molecule has 0 aliphatic rings. The highest BCUT2D eigenvalue weighted by atomic mass is 16.4. The van der Waals surface area contributed by atoms with Gasteiger partial charge in [-0.2, -0.15) is 0 Å². The van der Waals surface area contributed by atoms with E-state index in [1.807, 2.05) is 18.2 Å². The summed E-state index contributed by atoms with van der Waals surface area (Å²) in [5.74, 6) is 0.172. The molecule has 0 radical (unpaired) electrons. The van der Waals surface area contributed by atoms with Crippen LogP contribution in [0.4, 0.5) is 0 Å². The van der Waals surface area contributed by atoms with Gasteiger partial charge in [0.25, 0.3) is 0 Å². The van der Waals surface area contributed by atoms with Crippen LogP contribution in [0.1, 0.15) is 29.9 Å². The first-order valence-electron chi connectivity index (χ1n) is 6.02. The highest BCUT2D eigenvalue weighted by molar-refractivity contribution is 5.66. The number of aliphatic carboxylic acids is 1. The number of aryl methyl sites for hydroxylation is 1. The summed E-state index contributed by atoms with van der Waals surface area (Å²) in [6.07, 6.45) is 4.14. The molecule has 0 saturated carbocycles. The number of aromatic nitrogens is 2. The molecule has 2 N–H and O–H groups in total. The number of hydrogen-bond donors (Lipinski definition) is 2. The first-order valence-corrected chi connectivity index (χ1v) is 6.02. The van der Waals surface area contributed by atoms with Gasteiger partial charge in [-0.1, -0.05) is 30.3 Å².